The van der Waals surface area contributed by atoms with E-state index in [2.05, 4.69) is 0 Å². The number of carbonyl (C=O) groups excluding carboxylic acids is 1. The summed E-state index contributed by atoms with van der Waals surface area (Å²) in [5.74, 6) is -2.34. The van der Waals surface area contributed by atoms with Gasteiger partial charge in [0, 0.05) is 16.6 Å². The number of carbonyl (C=O) groups is 1. The molecule has 1 rings (SSSR count). The van der Waals surface area contributed by atoms with Crippen LogP contribution in [0.4, 0.5) is 0 Å². The van der Waals surface area contributed by atoms with Gasteiger partial charge in [-0.3, -0.25) is 9.00 Å². The van der Waals surface area contributed by atoms with Crippen molar-refractivity contribution in [1.29, 1.82) is 0 Å². The Morgan fingerprint density at radius 1 is 1.21 bits per heavy atom. The first-order valence-corrected chi connectivity index (χ1v) is 4.39. The van der Waals surface area contributed by atoms with Gasteiger partial charge in [0.25, 0.3) is 0 Å². The molecular weight excluding hydrogens is 212 g/mol. The van der Waals surface area contributed by atoms with Crippen LogP contribution in [-0.2, 0) is 11.1 Å². The molecule has 0 aliphatic rings. The molecule has 1 aromatic carbocycles. The van der Waals surface area contributed by atoms with E-state index < -0.39 is 39.0 Å². The lowest BCUT2D eigenvalue weighted by atomic mass is 10.2. The molecule has 0 amide bonds. The van der Waals surface area contributed by atoms with Crippen molar-refractivity contribution in [2.75, 3.05) is 0 Å². The van der Waals surface area contributed by atoms with Crippen LogP contribution in [0, 0.1) is 0 Å². The molecular formula is C7H5O6S-. The lowest BCUT2D eigenvalue weighted by molar-refractivity contribution is 0.107. The smallest absolute Gasteiger partial charge is 0.236 e. The van der Waals surface area contributed by atoms with Crippen LogP contribution in [0.5, 0.6) is 17.2 Å². The summed E-state index contributed by atoms with van der Waals surface area (Å²) in [6.45, 7) is 0. The molecule has 0 aliphatic carbocycles. The summed E-state index contributed by atoms with van der Waals surface area (Å²) in [6.07, 6.45) is 0. The molecule has 0 fully saturated rings. The van der Waals surface area contributed by atoms with Gasteiger partial charge >= 0.3 is 0 Å². The summed E-state index contributed by atoms with van der Waals surface area (Å²) in [5, 5.41) is 25.5. The molecule has 3 N–H and O–H groups in total. The van der Waals surface area contributed by atoms with Gasteiger partial charge in [0.15, 0.2) is 17.2 Å². The zero-order chi connectivity index (χ0) is 10.9. The summed E-state index contributed by atoms with van der Waals surface area (Å²) in [4.78, 5) is 10.8. The van der Waals surface area contributed by atoms with Crippen molar-refractivity contribution in [2.24, 2.45) is 0 Å². The molecule has 1 unspecified atom stereocenters. The van der Waals surface area contributed by atoms with E-state index in [0.29, 0.717) is 0 Å². The number of rotatable bonds is 1. The van der Waals surface area contributed by atoms with Gasteiger partial charge in [-0.1, -0.05) is 0 Å². The van der Waals surface area contributed by atoms with E-state index >= 15 is 0 Å². The Hall–Kier alpha value is -1.60. The van der Waals surface area contributed by atoms with Gasteiger partial charge in [0.2, 0.25) is 5.12 Å². The molecule has 0 saturated carbocycles. The molecule has 0 aliphatic heterocycles. The molecule has 1 aromatic rings. The molecule has 0 radical (unpaired) electrons. The number of benzene rings is 1. The summed E-state index contributed by atoms with van der Waals surface area (Å²) in [7, 11) is 0. The lowest BCUT2D eigenvalue weighted by Gasteiger charge is -2.06. The zero-order valence-corrected chi connectivity index (χ0v) is 7.45. The van der Waals surface area contributed by atoms with E-state index in [1.807, 2.05) is 0 Å². The number of hydrogen-bond donors (Lipinski definition) is 3. The van der Waals surface area contributed by atoms with Crippen molar-refractivity contribution in [3.63, 3.8) is 0 Å². The predicted molar refractivity (Wildman–Crippen MR) is 44.7 cm³/mol. The van der Waals surface area contributed by atoms with Crippen molar-refractivity contribution >= 4 is 16.2 Å². The highest BCUT2D eigenvalue weighted by Crippen LogP contribution is 2.35. The minimum absolute atomic E-state index is 0.425. The molecule has 76 valence electrons. The van der Waals surface area contributed by atoms with E-state index in [4.69, 9.17) is 15.3 Å². The second-order valence-electron chi connectivity index (χ2n) is 2.39. The van der Waals surface area contributed by atoms with Crippen molar-refractivity contribution in [1.82, 2.24) is 0 Å². The Bertz CT molecular complexity index is 390. The fourth-order valence-corrected chi connectivity index (χ4v) is 1.13. The second kappa shape index (κ2) is 3.64. The van der Waals surface area contributed by atoms with Gasteiger partial charge in [0.05, 0.1) is 0 Å². The van der Waals surface area contributed by atoms with Crippen LogP contribution in [0.1, 0.15) is 10.4 Å². The normalized spacial score (nSPS) is 12.4. The fourth-order valence-electron chi connectivity index (χ4n) is 0.818. The average molecular weight is 217 g/mol. The average Bonchev–Trinajstić information content (AvgIpc) is 2.12. The Kier molecular flexibility index (Phi) is 2.73. The SMILES string of the molecule is O=C(c1cc(O)c(O)c(O)c1)S(=O)[O-]. The minimum atomic E-state index is -2.98. The Morgan fingerprint density at radius 2 is 1.64 bits per heavy atom. The standard InChI is InChI=1S/C7H6O6S/c8-4-1-3(7(11)14(12)13)2-5(9)6(4)10/h1-2,8-10H,(H,12,13)/p-1. The minimum Gasteiger partial charge on any atom is -0.766 e. The second-order valence-corrected chi connectivity index (χ2v) is 3.23. The van der Waals surface area contributed by atoms with Crippen molar-refractivity contribution in [3.05, 3.63) is 17.7 Å². The van der Waals surface area contributed by atoms with Crippen LogP contribution in [0.3, 0.4) is 0 Å². The van der Waals surface area contributed by atoms with E-state index in [-0.39, 0.29) is 0 Å². The Balaban J connectivity index is 3.26. The van der Waals surface area contributed by atoms with Crippen LogP contribution in [0.15, 0.2) is 12.1 Å². The summed E-state index contributed by atoms with van der Waals surface area (Å²) >= 11 is -2.98. The maximum atomic E-state index is 10.8. The third kappa shape index (κ3) is 1.83. The molecule has 0 aromatic heterocycles. The largest absolute Gasteiger partial charge is 0.766 e. The van der Waals surface area contributed by atoms with Crippen molar-refractivity contribution in [3.8, 4) is 17.2 Å². The quantitative estimate of drug-likeness (QED) is 0.443. The van der Waals surface area contributed by atoms with Crippen LogP contribution < -0.4 is 0 Å². The molecule has 14 heavy (non-hydrogen) atoms. The molecule has 7 heteroatoms. The molecule has 0 heterocycles. The van der Waals surface area contributed by atoms with E-state index in [9.17, 15) is 13.6 Å². The molecule has 0 spiro atoms. The van der Waals surface area contributed by atoms with E-state index in [1.54, 1.807) is 0 Å². The van der Waals surface area contributed by atoms with Gasteiger partial charge in [-0.05, 0) is 12.1 Å². The van der Waals surface area contributed by atoms with Crippen LogP contribution in [0.2, 0.25) is 0 Å². The monoisotopic (exact) mass is 217 g/mol. The number of phenols is 3. The number of aromatic hydroxyl groups is 3. The van der Waals surface area contributed by atoms with Crippen LogP contribution >= 0.6 is 0 Å². The molecule has 1 atom stereocenters. The Labute approximate surface area is 80.7 Å². The van der Waals surface area contributed by atoms with Gasteiger partial charge in [-0.25, -0.2) is 0 Å². The first-order chi connectivity index (χ1) is 6.43. The fraction of sp³-hybridized carbons (Fsp3) is 0. The van der Waals surface area contributed by atoms with Crippen molar-refractivity contribution in [2.45, 2.75) is 0 Å². The summed E-state index contributed by atoms with van der Waals surface area (Å²) in [5.41, 5.74) is -0.425. The highest BCUT2D eigenvalue weighted by atomic mass is 32.2. The molecule has 0 saturated heterocycles. The third-order valence-corrected chi connectivity index (χ3v) is 2.00. The maximum absolute atomic E-state index is 10.8. The predicted octanol–water partition coefficient (Wildman–Crippen LogP) is -0.177. The van der Waals surface area contributed by atoms with Crippen LogP contribution in [-0.4, -0.2) is 29.2 Å². The first-order valence-electron chi connectivity index (χ1n) is 3.32. The number of hydrogen-bond acceptors (Lipinski definition) is 6. The molecule has 0 bridgehead atoms. The first kappa shape index (κ1) is 10.5. The summed E-state index contributed by atoms with van der Waals surface area (Å²) in [6, 6.07) is 1.49. The van der Waals surface area contributed by atoms with Gasteiger partial charge < -0.3 is 19.9 Å². The van der Waals surface area contributed by atoms with E-state index in [0.717, 1.165) is 12.1 Å². The Morgan fingerprint density at radius 3 is 2.00 bits per heavy atom. The summed E-state index contributed by atoms with van der Waals surface area (Å²) < 4.78 is 20.5. The van der Waals surface area contributed by atoms with Crippen LogP contribution in [0.25, 0.3) is 0 Å². The van der Waals surface area contributed by atoms with Gasteiger partial charge in [-0.2, -0.15) is 0 Å². The molecule has 6 nitrogen and oxygen atoms in total. The highest BCUT2D eigenvalue weighted by molar-refractivity contribution is 7.95. The third-order valence-electron chi connectivity index (χ3n) is 1.46. The maximum Gasteiger partial charge on any atom is 0.236 e. The van der Waals surface area contributed by atoms with Gasteiger partial charge in [0.1, 0.15) is 0 Å². The lowest BCUT2D eigenvalue weighted by Crippen LogP contribution is -2.06. The van der Waals surface area contributed by atoms with Gasteiger partial charge in [-0.15, -0.1) is 0 Å². The highest BCUT2D eigenvalue weighted by Gasteiger charge is 2.13. The topological polar surface area (TPSA) is 118 Å². The van der Waals surface area contributed by atoms with E-state index in [1.165, 1.54) is 0 Å². The van der Waals surface area contributed by atoms with Crippen molar-refractivity contribution < 1.29 is 28.9 Å². The number of phenolic OH excluding ortho intramolecular Hbond substituents is 3. The zero-order valence-electron chi connectivity index (χ0n) is 6.63.